The summed E-state index contributed by atoms with van der Waals surface area (Å²) in [6.45, 7) is 5.99. The number of methoxy groups -OCH3 is 1. The monoisotopic (exact) mass is 525 g/mol. The predicted octanol–water partition coefficient (Wildman–Crippen LogP) is 4.80. The maximum Gasteiger partial charge on any atom is 0.229 e. The third kappa shape index (κ3) is 5.14. The molecule has 202 valence electrons. The minimum absolute atomic E-state index is 0.104. The Hall–Kier alpha value is -3.75. The molecule has 1 N–H and O–H groups in total. The van der Waals surface area contributed by atoms with E-state index >= 15 is 0 Å². The minimum atomic E-state index is -0.104. The van der Waals surface area contributed by atoms with Gasteiger partial charge in [0.2, 0.25) is 5.95 Å². The van der Waals surface area contributed by atoms with Gasteiger partial charge in [-0.15, -0.1) is 0 Å². The molecule has 2 fully saturated rings. The third-order valence-corrected chi connectivity index (χ3v) is 7.89. The van der Waals surface area contributed by atoms with Gasteiger partial charge in [0, 0.05) is 36.7 Å². The SMILES string of the molecule is COc1ccc(-c2ccc3c(N4CCOC[C@@H]4C)nc(N4CCCC(c5ccccc5)C4)nc3n2)cc1CO. The number of aliphatic hydroxyl groups excluding tert-OH is 1. The molecule has 0 bridgehead atoms. The fraction of sp³-hybridized carbons (Fsp3) is 0.387. The van der Waals surface area contributed by atoms with Crippen LogP contribution in [0.15, 0.2) is 60.7 Å². The van der Waals surface area contributed by atoms with Gasteiger partial charge in [0.1, 0.15) is 11.6 Å². The zero-order valence-electron chi connectivity index (χ0n) is 22.6. The average molecular weight is 526 g/mol. The van der Waals surface area contributed by atoms with E-state index in [4.69, 9.17) is 24.4 Å². The molecule has 8 nitrogen and oxygen atoms in total. The summed E-state index contributed by atoms with van der Waals surface area (Å²) in [5.41, 5.74) is 4.47. The number of pyridine rings is 1. The van der Waals surface area contributed by atoms with Crippen LogP contribution >= 0.6 is 0 Å². The summed E-state index contributed by atoms with van der Waals surface area (Å²) in [5.74, 6) is 2.75. The van der Waals surface area contributed by atoms with Crippen molar-refractivity contribution in [2.24, 2.45) is 0 Å². The van der Waals surface area contributed by atoms with E-state index in [-0.39, 0.29) is 12.6 Å². The Morgan fingerprint density at radius 2 is 1.90 bits per heavy atom. The second-order valence-corrected chi connectivity index (χ2v) is 10.4. The van der Waals surface area contributed by atoms with Crippen molar-refractivity contribution in [1.82, 2.24) is 15.0 Å². The van der Waals surface area contributed by atoms with Crippen molar-refractivity contribution in [1.29, 1.82) is 0 Å². The number of aliphatic hydroxyl groups is 1. The highest BCUT2D eigenvalue weighted by Gasteiger charge is 2.27. The number of ether oxygens (including phenoxy) is 2. The van der Waals surface area contributed by atoms with Crippen molar-refractivity contribution in [3.05, 3.63) is 71.8 Å². The van der Waals surface area contributed by atoms with Crippen molar-refractivity contribution in [3.8, 4) is 17.0 Å². The molecule has 2 aliphatic rings. The number of fused-ring (bicyclic) bond motifs is 1. The van der Waals surface area contributed by atoms with Crippen LogP contribution in [0.4, 0.5) is 11.8 Å². The van der Waals surface area contributed by atoms with Gasteiger partial charge in [-0.2, -0.15) is 9.97 Å². The first-order chi connectivity index (χ1) is 19.1. The minimum Gasteiger partial charge on any atom is -0.496 e. The first-order valence-electron chi connectivity index (χ1n) is 13.8. The Labute approximate surface area is 229 Å². The smallest absolute Gasteiger partial charge is 0.229 e. The maximum absolute atomic E-state index is 9.84. The lowest BCUT2D eigenvalue weighted by Gasteiger charge is -2.36. The molecule has 0 aliphatic carbocycles. The van der Waals surface area contributed by atoms with Crippen LogP contribution in [0.5, 0.6) is 5.75 Å². The largest absolute Gasteiger partial charge is 0.496 e. The number of hydrogen-bond acceptors (Lipinski definition) is 8. The summed E-state index contributed by atoms with van der Waals surface area (Å²) >= 11 is 0. The number of morpholine rings is 1. The van der Waals surface area contributed by atoms with Crippen LogP contribution in [0, 0.1) is 0 Å². The fourth-order valence-corrected chi connectivity index (χ4v) is 5.76. The highest BCUT2D eigenvalue weighted by atomic mass is 16.5. The quantitative estimate of drug-likeness (QED) is 0.384. The zero-order chi connectivity index (χ0) is 26.8. The van der Waals surface area contributed by atoms with Crippen LogP contribution in [0.1, 0.15) is 36.8 Å². The molecule has 2 atom stereocenters. The van der Waals surface area contributed by atoms with Crippen LogP contribution in [-0.2, 0) is 11.3 Å². The molecule has 6 rings (SSSR count). The lowest BCUT2D eigenvalue weighted by molar-refractivity contribution is 0.0987. The lowest BCUT2D eigenvalue weighted by atomic mass is 9.91. The van der Waals surface area contributed by atoms with E-state index in [1.165, 1.54) is 5.56 Å². The van der Waals surface area contributed by atoms with Gasteiger partial charge in [0.15, 0.2) is 5.65 Å². The molecule has 8 heteroatoms. The van der Waals surface area contributed by atoms with Crippen molar-refractivity contribution < 1.29 is 14.6 Å². The second kappa shape index (κ2) is 11.2. The number of piperidine rings is 1. The topological polar surface area (TPSA) is 83.8 Å². The molecular formula is C31H35N5O3. The number of anilines is 2. The molecule has 2 aromatic carbocycles. The Morgan fingerprint density at radius 3 is 2.69 bits per heavy atom. The molecule has 1 unspecified atom stereocenters. The van der Waals surface area contributed by atoms with Gasteiger partial charge in [-0.3, -0.25) is 0 Å². The van der Waals surface area contributed by atoms with Gasteiger partial charge in [0.05, 0.1) is 44.1 Å². The van der Waals surface area contributed by atoms with Crippen LogP contribution in [-0.4, -0.2) is 66.1 Å². The van der Waals surface area contributed by atoms with Crippen molar-refractivity contribution in [3.63, 3.8) is 0 Å². The maximum atomic E-state index is 9.84. The summed E-state index contributed by atoms with van der Waals surface area (Å²) in [7, 11) is 1.61. The molecule has 0 spiro atoms. The standard InChI is InChI=1S/C31H35N5O3/c1-21-20-39-16-15-36(21)30-26-11-12-27(23-10-13-28(38-2)25(17-23)19-37)32-29(26)33-31(34-30)35-14-6-9-24(18-35)22-7-4-3-5-8-22/h3-5,7-8,10-13,17,21,24,37H,6,9,14-16,18-20H2,1-2H3/t21-,24?/m0/s1. The van der Waals surface area contributed by atoms with Crippen LogP contribution in [0.2, 0.25) is 0 Å². The number of benzene rings is 2. The molecule has 2 saturated heterocycles. The van der Waals surface area contributed by atoms with Gasteiger partial charge in [-0.25, -0.2) is 4.98 Å². The van der Waals surface area contributed by atoms with Crippen molar-refractivity contribution in [2.75, 3.05) is 49.8 Å². The van der Waals surface area contributed by atoms with Crippen molar-refractivity contribution in [2.45, 2.75) is 38.3 Å². The van der Waals surface area contributed by atoms with Gasteiger partial charge >= 0.3 is 0 Å². The number of nitrogens with zero attached hydrogens (tertiary/aromatic N) is 5. The molecule has 2 aromatic heterocycles. The van der Waals surface area contributed by atoms with E-state index in [0.29, 0.717) is 30.5 Å². The summed E-state index contributed by atoms with van der Waals surface area (Å²) in [5, 5.41) is 10.8. The first kappa shape index (κ1) is 25.5. The summed E-state index contributed by atoms with van der Waals surface area (Å²) < 4.78 is 11.1. The molecule has 0 amide bonds. The Bertz CT molecular complexity index is 1450. The third-order valence-electron chi connectivity index (χ3n) is 7.89. The highest BCUT2D eigenvalue weighted by Crippen LogP contribution is 2.34. The van der Waals surface area contributed by atoms with E-state index in [1.807, 2.05) is 24.3 Å². The predicted molar refractivity (Wildman–Crippen MR) is 154 cm³/mol. The molecule has 2 aliphatic heterocycles. The normalized spacial score (nSPS) is 19.9. The second-order valence-electron chi connectivity index (χ2n) is 10.4. The van der Waals surface area contributed by atoms with Gasteiger partial charge in [-0.1, -0.05) is 30.3 Å². The highest BCUT2D eigenvalue weighted by molar-refractivity contribution is 5.90. The summed E-state index contributed by atoms with van der Waals surface area (Å²) in [4.78, 5) is 19.9. The van der Waals surface area contributed by atoms with Crippen LogP contribution < -0.4 is 14.5 Å². The van der Waals surface area contributed by atoms with E-state index in [9.17, 15) is 5.11 Å². The van der Waals surface area contributed by atoms with E-state index in [1.54, 1.807) is 7.11 Å². The number of aromatic nitrogens is 3. The van der Waals surface area contributed by atoms with Crippen LogP contribution in [0.3, 0.4) is 0 Å². The Balaban J connectivity index is 1.43. The van der Waals surface area contributed by atoms with Crippen molar-refractivity contribution >= 4 is 22.8 Å². The molecular weight excluding hydrogens is 490 g/mol. The molecule has 0 radical (unpaired) electrons. The average Bonchev–Trinajstić information content (AvgIpc) is 3.00. The number of rotatable bonds is 6. The summed E-state index contributed by atoms with van der Waals surface area (Å²) in [6.07, 6.45) is 2.25. The molecule has 0 saturated carbocycles. The Kier molecular flexibility index (Phi) is 7.30. The Morgan fingerprint density at radius 1 is 1.03 bits per heavy atom. The van der Waals surface area contributed by atoms with E-state index in [2.05, 4.69) is 53.1 Å². The van der Waals surface area contributed by atoms with E-state index < -0.39 is 0 Å². The van der Waals surface area contributed by atoms with Crippen LogP contribution in [0.25, 0.3) is 22.3 Å². The van der Waals surface area contributed by atoms with Gasteiger partial charge in [-0.05, 0) is 55.7 Å². The van der Waals surface area contributed by atoms with Gasteiger partial charge < -0.3 is 24.4 Å². The zero-order valence-corrected chi connectivity index (χ0v) is 22.6. The number of hydrogen-bond donors (Lipinski definition) is 1. The molecule has 39 heavy (non-hydrogen) atoms. The molecule has 4 heterocycles. The van der Waals surface area contributed by atoms with E-state index in [0.717, 1.165) is 66.4 Å². The van der Waals surface area contributed by atoms with Gasteiger partial charge in [0.25, 0.3) is 0 Å². The molecule has 4 aromatic rings. The fourth-order valence-electron chi connectivity index (χ4n) is 5.76. The summed E-state index contributed by atoms with van der Waals surface area (Å²) in [6, 6.07) is 20.8. The first-order valence-corrected chi connectivity index (χ1v) is 13.8. The lowest BCUT2D eigenvalue weighted by Crippen LogP contribution is -2.44.